The number of rotatable bonds is 22. The van der Waals surface area contributed by atoms with Crippen LogP contribution in [0.5, 0.6) is 34.5 Å². The molecular formula is C64H72F2N2O6. The molecule has 0 radical (unpaired) electrons. The molecule has 10 heteroatoms. The molecule has 0 aromatic heterocycles. The summed E-state index contributed by atoms with van der Waals surface area (Å²) in [5.74, 6) is -0.934. The second-order valence-corrected chi connectivity index (χ2v) is 21.2. The van der Waals surface area contributed by atoms with Gasteiger partial charge in [0.1, 0.15) is 23.1 Å². The number of ether oxygens (including phenoxy) is 2. The Morgan fingerprint density at radius 3 is 1.22 bits per heavy atom. The molecule has 9 rings (SSSR count). The van der Waals surface area contributed by atoms with E-state index in [1.165, 1.54) is 162 Å². The summed E-state index contributed by atoms with van der Waals surface area (Å²) >= 11 is 0. The van der Waals surface area contributed by atoms with Crippen LogP contribution in [0, 0.1) is 23.5 Å². The Morgan fingerprint density at radius 2 is 0.851 bits per heavy atom. The summed E-state index contributed by atoms with van der Waals surface area (Å²) in [4.78, 5) is 30.3. The van der Waals surface area contributed by atoms with Gasteiger partial charge in [0.25, 0.3) is 0 Å². The maximum absolute atomic E-state index is 15.2. The minimum atomic E-state index is -0.817. The second kappa shape index (κ2) is 24.6. The van der Waals surface area contributed by atoms with Crippen molar-refractivity contribution in [3.63, 3.8) is 0 Å². The van der Waals surface area contributed by atoms with Crippen molar-refractivity contribution in [3.8, 4) is 34.5 Å². The van der Waals surface area contributed by atoms with Crippen molar-refractivity contribution in [1.29, 1.82) is 0 Å². The molecule has 6 aromatic rings. The fourth-order valence-corrected chi connectivity index (χ4v) is 11.8. The van der Waals surface area contributed by atoms with E-state index in [1.807, 2.05) is 48.5 Å². The zero-order valence-electron chi connectivity index (χ0n) is 43.1. The van der Waals surface area contributed by atoms with Gasteiger partial charge in [-0.25, -0.2) is 8.78 Å². The largest absolute Gasteiger partial charge is 0.504 e. The number of hydrogen-bond donors (Lipinski definition) is 4. The second-order valence-electron chi connectivity index (χ2n) is 21.2. The van der Waals surface area contributed by atoms with Gasteiger partial charge >= 0.3 is 0 Å². The fraction of sp³-hybridized carbons (Fsp3) is 0.406. The number of benzene rings is 6. The van der Waals surface area contributed by atoms with Gasteiger partial charge in [-0.05, 0) is 147 Å². The molecule has 0 heterocycles. The topological polar surface area (TPSA) is 117 Å². The number of nitrogens with one attached hydrogen (secondary N) is 2. The van der Waals surface area contributed by atoms with Crippen LogP contribution < -0.4 is 20.1 Å². The average molecular weight is 1000 g/mol. The van der Waals surface area contributed by atoms with Crippen molar-refractivity contribution in [2.75, 3.05) is 10.6 Å². The lowest BCUT2D eigenvalue weighted by atomic mass is 9.77. The highest BCUT2D eigenvalue weighted by Gasteiger charge is 2.41. The maximum Gasteiger partial charge on any atom is 0.200 e. The fourth-order valence-electron chi connectivity index (χ4n) is 11.8. The summed E-state index contributed by atoms with van der Waals surface area (Å²) < 4.78 is 42.0. The van der Waals surface area contributed by atoms with E-state index in [9.17, 15) is 19.0 Å². The van der Waals surface area contributed by atoms with Crippen molar-refractivity contribution < 1.29 is 38.1 Å². The molecule has 388 valence electrons. The van der Waals surface area contributed by atoms with Gasteiger partial charge < -0.3 is 30.3 Å². The molecule has 6 aromatic carbocycles. The highest BCUT2D eigenvalue weighted by Crippen LogP contribution is 2.51. The first-order chi connectivity index (χ1) is 36.1. The van der Waals surface area contributed by atoms with Gasteiger partial charge in [-0.1, -0.05) is 127 Å². The first-order valence-electron chi connectivity index (χ1n) is 27.6. The van der Waals surface area contributed by atoms with E-state index in [1.54, 1.807) is 12.1 Å². The van der Waals surface area contributed by atoms with Crippen molar-refractivity contribution in [2.24, 2.45) is 11.8 Å². The number of unbranched alkanes of at least 4 members (excludes halogenated alkanes) is 8. The standard InChI is InChI=1S/C64H72F2N2O6/c1-3-5-7-9-11-15-41-21-25-43(26-22-41)45-29-33-51(34-30-45)73-55-39-53(67-49-19-13-17-47(65)37-49)57-59(61(55)69)63(71)58-54(68-50-20-14-18-48(66)38-50)40-56(62(70)60(58)64(57)72)74-52-35-31-46(32-36-52)44-27-23-42(24-28-44)16-12-10-8-6-4-2/h13-14,17-20,29-44,67-70H,3-12,15-16,21-28H2,1-2H3. The van der Waals surface area contributed by atoms with Gasteiger partial charge in [0.2, 0.25) is 11.6 Å². The van der Waals surface area contributed by atoms with Crippen LogP contribution in [0.4, 0.5) is 31.5 Å². The van der Waals surface area contributed by atoms with Crippen molar-refractivity contribution in [1.82, 2.24) is 0 Å². The Morgan fingerprint density at radius 1 is 0.473 bits per heavy atom. The first-order valence-corrected chi connectivity index (χ1v) is 27.6. The monoisotopic (exact) mass is 1000 g/mol. The molecule has 0 bridgehead atoms. The third-order valence-corrected chi connectivity index (χ3v) is 15.9. The number of fused-ring (bicyclic) bond motifs is 2. The van der Waals surface area contributed by atoms with Gasteiger partial charge in [-0.2, -0.15) is 0 Å². The van der Waals surface area contributed by atoms with Gasteiger partial charge in [0, 0.05) is 23.5 Å². The van der Waals surface area contributed by atoms with Crippen LogP contribution in [-0.4, -0.2) is 21.8 Å². The predicted octanol–water partition coefficient (Wildman–Crippen LogP) is 18.5. The van der Waals surface area contributed by atoms with E-state index in [2.05, 4.69) is 24.5 Å². The number of phenolic OH excluding ortho intramolecular Hbond substituents is 2. The third-order valence-electron chi connectivity index (χ3n) is 15.9. The summed E-state index contributed by atoms with van der Waals surface area (Å²) in [6.07, 6.45) is 25.0. The van der Waals surface area contributed by atoms with Crippen LogP contribution in [0.3, 0.4) is 0 Å². The normalized spacial score (nSPS) is 18.4. The van der Waals surface area contributed by atoms with Crippen LogP contribution >= 0.6 is 0 Å². The van der Waals surface area contributed by atoms with Gasteiger partial charge in [-0.3, -0.25) is 9.59 Å². The Bertz CT molecular complexity index is 2690. The Labute approximate surface area is 435 Å². The molecule has 8 nitrogen and oxygen atoms in total. The maximum atomic E-state index is 15.2. The van der Waals surface area contributed by atoms with Crippen LogP contribution in [0.1, 0.15) is 197 Å². The zero-order chi connectivity index (χ0) is 51.6. The number of phenols is 2. The number of halogens is 2. The van der Waals surface area contributed by atoms with E-state index < -0.39 is 34.7 Å². The summed E-state index contributed by atoms with van der Waals surface area (Å²) in [7, 11) is 0. The molecule has 3 aliphatic rings. The number of hydrogen-bond acceptors (Lipinski definition) is 8. The lowest BCUT2D eigenvalue weighted by molar-refractivity contribution is 0.0974. The minimum absolute atomic E-state index is 0.0306. The van der Waals surface area contributed by atoms with Gasteiger partial charge in [0.05, 0.1) is 33.6 Å². The molecule has 0 unspecified atom stereocenters. The molecule has 74 heavy (non-hydrogen) atoms. The smallest absolute Gasteiger partial charge is 0.200 e. The number of ketones is 2. The number of aromatic hydroxyl groups is 2. The first kappa shape index (κ1) is 52.2. The van der Waals surface area contributed by atoms with Gasteiger partial charge in [-0.15, -0.1) is 0 Å². The Balaban J connectivity index is 0.996. The van der Waals surface area contributed by atoms with Crippen LogP contribution in [-0.2, 0) is 0 Å². The summed E-state index contributed by atoms with van der Waals surface area (Å²) in [6.45, 7) is 4.50. The highest BCUT2D eigenvalue weighted by molar-refractivity contribution is 6.34. The van der Waals surface area contributed by atoms with Crippen LogP contribution in [0.2, 0.25) is 0 Å². The summed E-state index contributed by atoms with van der Waals surface area (Å²) in [5, 5.41) is 30.4. The molecule has 2 fully saturated rings. The molecular weight excluding hydrogens is 931 g/mol. The third kappa shape index (κ3) is 12.5. The van der Waals surface area contributed by atoms with Crippen molar-refractivity contribution in [3.05, 3.63) is 154 Å². The molecule has 4 N–H and O–H groups in total. The number of anilines is 4. The average Bonchev–Trinajstić information content (AvgIpc) is 3.40. The van der Waals surface area contributed by atoms with Crippen LogP contribution in [0.25, 0.3) is 0 Å². The van der Waals surface area contributed by atoms with E-state index in [0.29, 0.717) is 23.3 Å². The van der Waals surface area contributed by atoms with Crippen molar-refractivity contribution >= 4 is 34.3 Å². The molecule has 0 spiro atoms. The van der Waals surface area contributed by atoms with E-state index >= 15 is 9.59 Å². The summed E-state index contributed by atoms with van der Waals surface area (Å²) in [5.41, 5.74) is 1.72. The lowest BCUT2D eigenvalue weighted by Crippen LogP contribution is -2.24. The SMILES string of the molecule is CCCCCCCC1CCC(c2ccc(Oc3cc(Nc4cccc(F)c4)c4c(c3O)C(=O)c3c(Nc5cccc(F)c5)cc(Oc5ccc(C6CCC(CCCCCCC)CC6)cc5)c(O)c3C4=O)cc2)CC1. The minimum Gasteiger partial charge on any atom is -0.504 e. The van der Waals surface area contributed by atoms with E-state index in [0.717, 1.165) is 37.5 Å². The highest BCUT2D eigenvalue weighted by atomic mass is 19.1. The molecule has 3 aliphatic carbocycles. The molecule has 0 atom stereocenters. The van der Waals surface area contributed by atoms with E-state index in [-0.39, 0.29) is 56.5 Å². The quantitative estimate of drug-likeness (QED) is 0.0392. The predicted molar refractivity (Wildman–Crippen MR) is 292 cm³/mol. The Hall–Kier alpha value is -6.68. The van der Waals surface area contributed by atoms with E-state index in [4.69, 9.17) is 9.47 Å². The van der Waals surface area contributed by atoms with Gasteiger partial charge in [0.15, 0.2) is 23.0 Å². The number of carbonyl (C=O) groups is 2. The zero-order valence-corrected chi connectivity index (χ0v) is 43.1. The molecule has 0 aliphatic heterocycles. The lowest BCUT2D eigenvalue weighted by Gasteiger charge is -2.29. The van der Waals surface area contributed by atoms with Crippen LogP contribution in [0.15, 0.2) is 109 Å². The Kier molecular flexibility index (Phi) is 17.3. The molecule has 0 saturated heterocycles. The summed E-state index contributed by atoms with van der Waals surface area (Å²) in [6, 6.07) is 29.6. The number of carbonyl (C=O) groups excluding carboxylic acids is 2. The molecule has 2 saturated carbocycles. The molecule has 0 amide bonds. The van der Waals surface area contributed by atoms with Crippen molar-refractivity contribution in [2.45, 2.75) is 154 Å².